The summed E-state index contributed by atoms with van der Waals surface area (Å²) in [7, 11) is -2.02. The Hall–Kier alpha value is -1.07. The van der Waals surface area contributed by atoms with Crippen molar-refractivity contribution < 1.29 is 13.2 Å². The van der Waals surface area contributed by atoms with Crippen molar-refractivity contribution in [1.29, 1.82) is 0 Å². The molecule has 0 aliphatic heterocycles. The van der Waals surface area contributed by atoms with Gasteiger partial charge in [0.25, 0.3) is 10.0 Å². The molecule has 0 aliphatic carbocycles. The number of benzene rings is 1. The monoisotopic (exact) mass is 201 g/mol. The standard InChI is InChI=1S/C8H11NO3S/c1-12-7-13(10,11)9-8-5-3-2-4-6-8/h2-6,9H,7H2,1H3. The van der Waals surface area contributed by atoms with Crippen LogP contribution in [0.15, 0.2) is 30.3 Å². The van der Waals surface area contributed by atoms with Crippen LogP contribution >= 0.6 is 0 Å². The topological polar surface area (TPSA) is 55.4 Å². The molecule has 0 atom stereocenters. The average molecular weight is 201 g/mol. The molecule has 0 saturated heterocycles. The predicted octanol–water partition coefficient (Wildman–Crippen LogP) is 1.03. The van der Waals surface area contributed by atoms with Gasteiger partial charge in [-0.2, -0.15) is 0 Å². The van der Waals surface area contributed by atoms with Crippen molar-refractivity contribution in [3.63, 3.8) is 0 Å². The van der Waals surface area contributed by atoms with Gasteiger partial charge in [0.2, 0.25) is 0 Å². The molecule has 5 heteroatoms. The van der Waals surface area contributed by atoms with Gasteiger partial charge < -0.3 is 4.74 Å². The van der Waals surface area contributed by atoms with Crippen LogP contribution in [-0.2, 0) is 14.8 Å². The number of sulfonamides is 1. The lowest BCUT2D eigenvalue weighted by Crippen LogP contribution is -2.17. The van der Waals surface area contributed by atoms with E-state index in [1.54, 1.807) is 24.3 Å². The van der Waals surface area contributed by atoms with Gasteiger partial charge in [-0.1, -0.05) is 18.2 Å². The number of anilines is 1. The van der Waals surface area contributed by atoms with E-state index >= 15 is 0 Å². The lowest BCUT2D eigenvalue weighted by atomic mass is 10.3. The molecule has 1 N–H and O–H groups in total. The van der Waals surface area contributed by atoms with Gasteiger partial charge in [0.05, 0.1) is 0 Å². The number of nitrogens with one attached hydrogen (secondary N) is 1. The summed E-state index contributed by atoms with van der Waals surface area (Å²) in [6, 6.07) is 8.67. The first-order valence-corrected chi connectivity index (χ1v) is 5.34. The minimum Gasteiger partial charge on any atom is -0.367 e. The predicted molar refractivity (Wildman–Crippen MR) is 50.9 cm³/mol. The molecule has 4 nitrogen and oxygen atoms in total. The van der Waals surface area contributed by atoms with E-state index in [1.165, 1.54) is 7.11 Å². The van der Waals surface area contributed by atoms with Crippen molar-refractivity contribution >= 4 is 15.7 Å². The molecule has 0 saturated carbocycles. The van der Waals surface area contributed by atoms with Gasteiger partial charge in [-0.05, 0) is 12.1 Å². The third-order valence-electron chi connectivity index (χ3n) is 1.32. The highest BCUT2D eigenvalue weighted by atomic mass is 32.2. The molecule has 1 aromatic rings. The quantitative estimate of drug-likeness (QED) is 0.791. The molecule has 0 bridgehead atoms. The van der Waals surface area contributed by atoms with Crippen LogP contribution in [0.25, 0.3) is 0 Å². The van der Waals surface area contributed by atoms with E-state index < -0.39 is 10.0 Å². The fourth-order valence-corrected chi connectivity index (χ4v) is 1.73. The maximum atomic E-state index is 11.2. The Bertz CT molecular complexity index is 347. The molecule has 0 unspecified atom stereocenters. The van der Waals surface area contributed by atoms with E-state index in [0.29, 0.717) is 5.69 Å². The number of hydrogen-bond donors (Lipinski definition) is 1. The molecule has 0 radical (unpaired) electrons. The van der Waals surface area contributed by atoms with Gasteiger partial charge in [-0.3, -0.25) is 4.72 Å². The van der Waals surface area contributed by atoms with Gasteiger partial charge in [-0.15, -0.1) is 0 Å². The molecule has 0 fully saturated rings. The third kappa shape index (κ3) is 3.43. The molecule has 0 aliphatic rings. The zero-order valence-electron chi connectivity index (χ0n) is 7.23. The largest absolute Gasteiger partial charge is 0.367 e. The average Bonchev–Trinajstić information content (AvgIpc) is 2.04. The number of para-hydroxylation sites is 1. The summed E-state index contributed by atoms with van der Waals surface area (Å²) in [6.07, 6.45) is 0. The Morgan fingerprint density at radius 2 is 1.92 bits per heavy atom. The summed E-state index contributed by atoms with van der Waals surface area (Å²) >= 11 is 0. The Labute approximate surface area is 77.6 Å². The van der Waals surface area contributed by atoms with Crippen molar-refractivity contribution in [2.24, 2.45) is 0 Å². The first-order chi connectivity index (χ1) is 6.14. The molecule has 0 heterocycles. The third-order valence-corrected chi connectivity index (χ3v) is 2.41. The zero-order valence-corrected chi connectivity index (χ0v) is 8.04. The van der Waals surface area contributed by atoms with Crippen LogP contribution in [-0.4, -0.2) is 21.5 Å². The summed E-state index contributed by atoms with van der Waals surface area (Å²) in [6.45, 7) is 0. The van der Waals surface area contributed by atoms with Gasteiger partial charge >= 0.3 is 0 Å². The molecule has 13 heavy (non-hydrogen) atoms. The van der Waals surface area contributed by atoms with Gasteiger partial charge in [-0.25, -0.2) is 8.42 Å². The maximum Gasteiger partial charge on any atom is 0.257 e. The van der Waals surface area contributed by atoms with Crippen LogP contribution < -0.4 is 4.72 Å². The minimum absolute atomic E-state index is 0.331. The van der Waals surface area contributed by atoms with E-state index in [2.05, 4.69) is 9.46 Å². The Morgan fingerprint density at radius 1 is 1.31 bits per heavy atom. The number of ether oxygens (including phenoxy) is 1. The summed E-state index contributed by atoms with van der Waals surface area (Å²) in [4.78, 5) is 0. The SMILES string of the molecule is COCS(=O)(=O)Nc1ccccc1. The molecule has 1 rings (SSSR count). The minimum atomic E-state index is -3.36. The van der Waals surface area contributed by atoms with E-state index in [-0.39, 0.29) is 5.94 Å². The lowest BCUT2D eigenvalue weighted by Gasteiger charge is -2.05. The van der Waals surface area contributed by atoms with Crippen molar-refractivity contribution in [3.05, 3.63) is 30.3 Å². The Morgan fingerprint density at radius 3 is 2.46 bits per heavy atom. The molecule has 0 aromatic heterocycles. The first kappa shape index (κ1) is 10.0. The number of rotatable bonds is 4. The van der Waals surface area contributed by atoms with Crippen LogP contribution in [0.4, 0.5) is 5.69 Å². The van der Waals surface area contributed by atoms with Crippen molar-refractivity contribution in [2.75, 3.05) is 17.8 Å². The van der Waals surface area contributed by atoms with Gasteiger partial charge in [0, 0.05) is 12.8 Å². The van der Waals surface area contributed by atoms with Crippen LogP contribution in [0.1, 0.15) is 0 Å². The second-order valence-electron chi connectivity index (χ2n) is 2.49. The fraction of sp³-hybridized carbons (Fsp3) is 0.250. The van der Waals surface area contributed by atoms with Crippen molar-refractivity contribution in [2.45, 2.75) is 0 Å². The van der Waals surface area contributed by atoms with Crippen LogP contribution in [0.3, 0.4) is 0 Å². The molecule has 1 aromatic carbocycles. The summed E-state index contributed by atoms with van der Waals surface area (Å²) in [5, 5.41) is 0. The van der Waals surface area contributed by atoms with Crippen LogP contribution in [0, 0.1) is 0 Å². The Balaban J connectivity index is 2.70. The van der Waals surface area contributed by atoms with E-state index in [4.69, 9.17) is 0 Å². The number of methoxy groups -OCH3 is 1. The second-order valence-corrected chi connectivity index (χ2v) is 4.16. The summed E-state index contributed by atoms with van der Waals surface area (Å²) < 4.78 is 29.2. The molecule has 0 amide bonds. The van der Waals surface area contributed by atoms with Crippen molar-refractivity contribution in [3.8, 4) is 0 Å². The highest BCUT2D eigenvalue weighted by Crippen LogP contribution is 2.07. The van der Waals surface area contributed by atoms with Crippen molar-refractivity contribution in [1.82, 2.24) is 0 Å². The maximum absolute atomic E-state index is 11.2. The van der Waals surface area contributed by atoms with Crippen LogP contribution in [0.5, 0.6) is 0 Å². The molecule has 0 spiro atoms. The fourth-order valence-electron chi connectivity index (χ4n) is 0.870. The summed E-state index contributed by atoms with van der Waals surface area (Å²) in [5.74, 6) is -0.331. The van der Waals surface area contributed by atoms with E-state index in [0.717, 1.165) is 0 Å². The highest BCUT2D eigenvalue weighted by Gasteiger charge is 2.08. The molecular formula is C8H11NO3S. The highest BCUT2D eigenvalue weighted by molar-refractivity contribution is 7.92. The normalized spacial score (nSPS) is 11.2. The second kappa shape index (κ2) is 4.25. The molecular weight excluding hydrogens is 190 g/mol. The number of hydrogen-bond acceptors (Lipinski definition) is 3. The van der Waals surface area contributed by atoms with E-state index in [1.807, 2.05) is 6.07 Å². The van der Waals surface area contributed by atoms with E-state index in [9.17, 15) is 8.42 Å². The first-order valence-electron chi connectivity index (χ1n) is 3.68. The molecule has 72 valence electrons. The van der Waals surface area contributed by atoms with Gasteiger partial charge in [0.1, 0.15) is 0 Å². The zero-order chi connectivity index (χ0) is 9.73. The lowest BCUT2D eigenvalue weighted by molar-refractivity contribution is 0.250. The summed E-state index contributed by atoms with van der Waals surface area (Å²) in [5.41, 5.74) is 0.541. The Kier molecular flexibility index (Phi) is 3.27. The smallest absolute Gasteiger partial charge is 0.257 e. The van der Waals surface area contributed by atoms with Crippen LogP contribution in [0.2, 0.25) is 0 Å². The van der Waals surface area contributed by atoms with Gasteiger partial charge in [0.15, 0.2) is 5.94 Å².